The van der Waals surface area contributed by atoms with Crippen LogP contribution in [0.15, 0.2) is 30.3 Å². The molecule has 6 heteroatoms. The second-order valence-corrected chi connectivity index (χ2v) is 4.20. The predicted molar refractivity (Wildman–Crippen MR) is 74.8 cm³/mol. The average Bonchev–Trinajstić information content (AvgIpc) is 2.44. The van der Waals surface area contributed by atoms with Gasteiger partial charge in [0.15, 0.2) is 0 Å². The van der Waals surface area contributed by atoms with Gasteiger partial charge in [-0.05, 0) is 25.0 Å². The molecule has 6 nitrogen and oxygen atoms in total. The molecule has 110 valence electrons. The third-order valence-electron chi connectivity index (χ3n) is 2.47. The van der Waals surface area contributed by atoms with Gasteiger partial charge in [0, 0.05) is 19.5 Å². The molecule has 1 aromatic carbocycles. The van der Waals surface area contributed by atoms with Crippen molar-refractivity contribution in [3.05, 3.63) is 30.3 Å². The van der Waals surface area contributed by atoms with Gasteiger partial charge < -0.3 is 20.5 Å². The number of carbonyl (C=O) groups is 2. The highest BCUT2D eigenvalue weighted by atomic mass is 16.5. The zero-order valence-electron chi connectivity index (χ0n) is 11.3. The molecule has 0 aliphatic heterocycles. The van der Waals surface area contributed by atoms with E-state index in [1.54, 1.807) is 0 Å². The Morgan fingerprint density at radius 1 is 1.05 bits per heavy atom. The monoisotopic (exact) mass is 280 g/mol. The van der Waals surface area contributed by atoms with Gasteiger partial charge in [-0.2, -0.15) is 0 Å². The summed E-state index contributed by atoms with van der Waals surface area (Å²) in [6, 6.07) is 9.19. The summed E-state index contributed by atoms with van der Waals surface area (Å²) in [5, 5.41) is 13.7. The Bertz CT molecular complexity index is 409. The molecule has 1 aromatic rings. The van der Waals surface area contributed by atoms with Gasteiger partial charge >= 0.3 is 12.0 Å². The van der Waals surface area contributed by atoms with Gasteiger partial charge in [-0.1, -0.05) is 18.2 Å². The summed E-state index contributed by atoms with van der Waals surface area (Å²) in [7, 11) is 0. The van der Waals surface area contributed by atoms with Crippen LogP contribution >= 0.6 is 0 Å². The van der Waals surface area contributed by atoms with Crippen molar-refractivity contribution in [3.8, 4) is 5.75 Å². The summed E-state index contributed by atoms with van der Waals surface area (Å²) in [6.07, 6.45) is 1.20. The van der Waals surface area contributed by atoms with Crippen LogP contribution in [0.25, 0.3) is 0 Å². The van der Waals surface area contributed by atoms with Crippen LogP contribution in [0.3, 0.4) is 0 Å². The van der Waals surface area contributed by atoms with Gasteiger partial charge in [0.2, 0.25) is 0 Å². The fourth-order valence-corrected chi connectivity index (χ4v) is 1.48. The number of nitrogens with one attached hydrogen (secondary N) is 2. The predicted octanol–water partition coefficient (Wildman–Crippen LogP) is 1.62. The number of carbonyl (C=O) groups excluding carboxylic acids is 1. The van der Waals surface area contributed by atoms with Crippen LogP contribution in [0, 0.1) is 0 Å². The molecule has 0 bridgehead atoms. The summed E-state index contributed by atoms with van der Waals surface area (Å²) in [4.78, 5) is 21.6. The fourth-order valence-electron chi connectivity index (χ4n) is 1.48. The minimum absolute atomic E-state index is 0.0607. The number of rotatable bonds is 9. The molecule has 3 N–H and O–H groups in total. The maximum atomic E-state index is 11.3. The molecule has 2 amide bonds. The second-order valence-electron chi connectivity index (χ2n) is 4.20. The van der Waals surface area contributed by atoms with Crippen molar-refractivity contribution in [2.75, 3.05) is 19.7 Å². The molecule has 0 spiro atoms. The number of hydrogen-bond donors (Lipinski definition) is 3. The molecule has 0 radical (unpaired) electrons. The first-order chi connectivity index (χ1) is 9.68. The van der Waals surface area contributed by atoms with E-state index >= 15 is 0 Å². The van der Waals surface area contributed by atoms with E-state index in [1.165, 1.54) is 0 Å². The summed E-state index contributed by atoms with van der Waals surface area (Å²) in [5.74, 6) is -0.0455. The Morgan fingerprint density at radius 2 is 1.70 bits per heavy atom. The number of benzene rings is 1. The number of hydrogen-bond acceptors (Lipinski definition) is 3. The summed E-state index contributed by atoms with van der Waals surface area (Å²) < 4.78 is 5.48. The van der Waals surface area contributed by atoms with E-state index in [-0.39, 0.29) is 12.5 Å². The van der Waals surface area contributed by atoms with Crippen LogP contribution in [0.4, 0.5) is 4.79 Å². The first kappa shape index (κ1) is 15.8. The number of carboxylic acid groups (broad SMARTS) is 1. The zero-order chi connectivity index (χ0) is 14.6. The Kier molecular flexibility index (Phi) is 7.64. The molecule has 0 fully saturated rings. The molecular weight excluding hydrogens is 260 g/mol. The van der Waals surface area contributed by atoms with E-state index in [1.807, 2.05) is 30.3 Å². The average molecular weight is 280 g/mol. The highest BCUT2D eigenvalue weighted by Gasteiger charge is 2.00. The Hall–Kier alpha value is -2.24. The fraction of sp³-hybridized carbons (Fsp3) is 0.429. The molecule has 0 saturated carbocycles. The van der Waals surface area contributed by atoms with Crippen molar-refractivity contribution >= 4 is 12.0 Å². The smallest absolute Gasteiger partial charge is 0.314 e. The van der Waals surface area contributed by atoms with E-state index in [2.05, 4.69) is 10.6 Å². The highest BCUT2D eigenvalue weighted by Crippen LogP contribution is 2.07. The lowest BCUT2D eigenvalue weighted by atomic mass is 10.3. The molecule has 0 heterocycles. The quantitative estimate of drug-likeness (QED) is 0.600. The summed E-state index contributed by atoms with van der Waals surface area (Å²) >= 11 is 0. The van der Waals surface area contributed by atoms with E-state index < -0.39 is 5.97 Å². The molecule has 0 aromatic heterocycles. The lowest BCUT2D eigenvalue weighted by molar-refractivity contribution is -0.137. The van der Waals surface area contributed by atoms with E-state index in [9.17, 15) is 9.59 Å². The minimum atomic E-state index is -0.856. The minimum Gasteiger partial charge on any atom is -0.494 e. The number of para-hydroxylation sites is 1. The lowest BCUT2D eigenvalue weighted by Gasteiger charge is -2.08. The number of amides is 2. The van der Waals surface area contributed by atoms with Crippen LogP contribution in [0.1, 0.15) is 19.3 Å². The van der Waals surface area contributed by atoms with Crippen molar-refractivity contribution in [2.45, 2.75) is 19.3 Å². The van der Waals surface area contributed by atoms with Crippen LogP contribution in [-0.2, 0) is 4.79 Å². The largest absolute Gasteiger partial charge is 0.494 e. The van der Waals surface area contributed by atoms with Gasteiger partial charge in [-0.25, -0.2) is 4.79 Å². The van der Waals surface area contributed by atoms with Crippen LogP contribution in [0.5, 0.6) is 5.75 Å². The van der Waals surface area contributed by atoms with E-state index in [0.717, 1.165) is 5.75 Å². The highest BCUT2D eigenvalue weighted by molar-refractivity contribution is 5.73. The maximum Gasteiger partial charge on any atom is 0.314 e. The summed E-state index contributed by atoms with van der Waals surface area (Å²) in [5.41, 5.74) is 0. The number of aliphatic carboxylic acids is 1. The Labute approximate surface area is 118 Å². The molecule has 0 saturated heterocycles. The van der Waals surface area contributed by atoms with Crippen molar-refractivity contribution in [2.24, 2.45) is 0 Å². The molecule has 0 aliphatic carbocycles. The maximum absolute atomic E-state index is 11.3. The molecule has 20 heavy (non-hydrogen) atoms. The Morgan fingerprint density at radius 3 is 2.35 bits per heavy atom. The third-order valence-corrected chi connectivity index (χ3v) is 2.47. The molecule has 0 atom stereocenters. The summed E-state index contributed by atoms with van der Waals surface area (Å²) in [6.45, 7) is 1.40. The number of carboxylic acids is 1. The van der Waals surface area contributed by atoms with Crippen molar-refractivity contribution in [1.29, 1.82) is 0 Å². The number of urea groups is 1. The van der Waals surface area contributed by atoms with Crippen molar-refractivity contribution in [3.63, 3.8) is 0 Å². The molecular formula is C14H20N2O4. The van der Waals surface area contributed by atoms with Crippen LogP contribution in [0.2, 0.25) is 0 Å². The topological polar surface area (TPSA) is 87.7 Å². The SMILES string of the molecule is O=C(O)CCCNC(=O)NCCCOc1ccccc1. The van der Waals surface area contributed by atoms with Crippen molar-refractivity contribution < 1.29 is 19.4 Å². The van der Waals surface area contributed by atoms with Gasteiger partial charge in [0.25, 0.3) is 0 Å². The lowest BCUT2D eigenvalue weighted by Crippen LogP contribution is -2.37. The van der Waals surface area contributed by atoms with Gasteiger partial charge in [-0.3, -0.25) is 4.79 Å². The van der Waals surface area contributed by atoms with Crippen LogP contribution in [-0.4, -0.2) is 36.8 Å². The standard InChI is InChI=1S/C14H20N2O4/c17-13(18)8-4-9-15-14(19)16-10-5-11-20-12-6-2-1-3-7-12/h1-3,6-7H,4-5,8-11H2,(H,17,18)(H2,15,16,19). The van der Waals surface area contributed by atoms with Gasteiger partial charge in [0.1, 0.15) is 5.75 Å². The van der Waals surface area contributed by atoms with Gasteiger partial charge in [0.05, 0.1) is 6.61 Å². The molecule has 0 aliphatic rings. The third kappa shape index (κ3) is 7.97. The first-order valence-corrected chi connectivity index (χ1v) is 6.60. The first-order valence-electron chi connectivity index (χ1n) is 6.60. The Balaban J connectivity index is 1.95. The van der Waals surface area contributed by atoms with Gasteiger partial charge in [-0.15, -0.1) is 0 Å². The van der Waals surface area contributed by atoms with Crippen molar-refractivity contribution in [1.82, 2.24) is 10.6 Å². The van der Waals surface area contributed by atoms with E-state index in [4.69, 9.17) is 9.84 Å². The molecule has 0 unspecified atom stereocenters. The number of ether oxygens (including phenoxy) is 1. The van der Waals surface area contributed by atoms with E-state index in [0.29, 0.717) is 32.5 Å². The second kappa shape index (κ2) is 9.66. The zero-order valence-corrected chi connectivity index (χ0v) is 11.3. The normalized spacial score (nSPS) is 9.80. The molecule has 1 rings (SSSR count). The van der Waals surface area contributed by atoms with Crippen LogP contribution < -0.4 is 15.4 Å².